The molecule has 5 nitrogen and oxygen atoms in total. The average Bonchev–Trinajstić information content (AvgIpc) is 2.64. The van der Waals surface area contributed by atoms with Crippen molar-refractivity contribution in [2.24, 2.45) is 0 Å². The normalized spacial score (nSPS) is 11.4. The summed E-state index contributed by atoms with van der Waals surface area (Å²) >= 11 is 0. The Labute approximate surface area is 152 Å². The summed E-state index contributed by atoms with van der Waals surface area (Å²) in [5.74, 6) is -0.629. The van der Waals surface area contributed by atoms with Gasteiger partial charge in [0.05, 0.1) is 4.90 Å². The molecular formula is C20H19NO4S. The Kier molecular flexibility index (Phi) is 5.35. The highest BCUT2D eigenvalue weighted by atomic mass is 32.2. The van der Waals surface area contributed by atoms with Gasteiger partial charge in [-0.3, -0.25) is 4.79 Å². The van der Waals surface area contributed by atoms with Crippen LogP contribution in [0.15, 0.2) is 71.6 Å². The van der Waals surface area contributed by atoms with Crippen molar-refractivity contribution in [3.8, 4) is 0 Å². The average molecular weight is 369 g/mol. The van der Waals surface area contributed by atoms with Crippen LogP contribution in [0.4, 0.5) is 0 Å². The van der Waals surface area contributed by atoms with Crippen LogP contribution in [0, 0.1) is 6.92 Å². The number of esters is 1. The lowest BCUT2D eigenvalue weighted by Gasteiger charge is -2.09. The standard InChI is InChI=1S/C20H19NO4S/c1-15-5-4-6-16(11-15)14-25-20(22)13-21-26(23,24)19-10-9-17-7-2-3-8-18(17)12-19/h2-12,21H,13-14H2,1H3. The van der Waals surface area contributed by atoms with Crippen molar-refractivity contribution in [3.05, 3.63) is 77.9 Å². The Hall–Kier alpha value is -2.70. The van der Waals surface area contributed by atoms with Gasteiger partial charge in [0, 0.05) is 0 Å². The second kappa shape index (κ2) is 7.68. The third kappa shape index (κ3) is 4.47. The second-order valence-electron chi connectivity index (χ2n) is 5.98. The van der Waals surface area contributed by atoms with E-state index < -0.39 is 22.5 Å². The van der Waals surface area contributed by atoms with Crippen molar-refractivity contribution in [2.75, 3.05) is 6.54 Å². The molecule has 0 aliphatic rings. The van der Waals surface area contributed by atoms with E-state index in [2.05, 4.69) is 4.72 Å². The Morgan fingerprint density at radius 3 is 2.50 bits per heavy atom. The molecule has 3 rings (SSSR count). The van der Waals surface area contributed by atoms with Gasteiger partial charge in [0.15, 0.2) is 0 Å². The minimum Gasteiger partial charge on any atom is -0.460 e. The van der Waals surface area contributed by atoms with Crippen LogP contribution in [-0.4, -0.2) is 20.9 Å². The molecule has 0 spiro atoms. The number of carbonyl (C=O) groups excluding carboxylic acids is 1. The minimum absolute atomic E-state index is 0.109. The van der Waals surface area contributed by atoms with Gasteiger partial charge in [-0.25, -0.2) is 8.42 Å². The van der Waals surface area contributed by atoms with E-state index in [-0.39, 0.29) is 11.5 Å². The second-order valence-corrected chi connectivity index (χ2v) is 7.75. The molecule has 0 atom stereocenters. The van der Waals surface area contributed by atoms with Crippen molar-refractivity contribution in [1.82, 2.24) is 4.72 Å². The SMILES string of the molecule is Cc1cccc(COC(=O)CNS(=O)(=O)c2ccc3ccccc3c2)c1. The number of hydrogen-bond donors (Lipinski definition) is 1. The lowest BCUT2D eigenvalue weighted by atomic mass is 10.1. The highest BCUT2D eigenvalue weighted by Gasteiger charge is 2.16. The number of carbonyl (C=O) groups is 1. The van der Waals surface area contributed by atoms with E-state index in [4.69, 9.17) is 4.74 Å². The van der Waals surface area contributed by atoms with E-state index in [1.165, 1.54) is 6.07 Å². The van der Waals surface area contributed by atoms with Crippen LogP contribution in [-0.2, 0) is 26.2 Å². The third-order valence-electron chi connectivity index (χ3n) is 3.92. The van der Waals surface area contributed by atoms with Crippen molar-refractivity contribution < 1.29 is 17.9 Å². The van der Waals surface area contributed by atoms with E-state index in [0.717, 1.165) is 21.9 Å². The summed E-state index contributed by atoms with van der Waals surface area (Å²) in [6, 6.07) is 19.9. The third-order valence-corrected chi connectivity index (χ3v) is 5.32. The molecule has 0 radical (unpaired) electrons. The summed E-state index contributed by atoms with van der Waals surface area (Å²) in [5, 5.41) is 1.77. The Balaban J connectivity index is 1.60. The summed E-state index contributed by atoms with van der Waals surface area (Å²) in [7, 11) is -3.79. The maximum absolute atomic E-state index is 12.4. The van der Waals surface area contributed by atoms with E-state index in [1.807, 2.05) is 55.5 Å². The van der Waals surface area contributed by atoms with Gasteiger partial charge in [-0.2, -0.15) is 4.72 Å². The fraction of sp³-hybridized carbons (Fsp3) is 0.150. The smallest absolute Gasteiger partial charge is 0.321 e. The highest BCUT2D eigenvalue weighted by molar-refractivity contribution is 7.89. The molecule has 0 unspecified atom stereocenters. The number of fused-ring (bicyclic) bond motifs is 1. The molecule has 0 aliphatic carbocycles. The van der Waals surface area contributed by atoms with Crippen molar-refractivity contribution in [3.63, 3.8) is 0 Å². The van der Waals surface area contributed by atoms with Crippen molar-refractivity contribution in [2.45, 2.75) is 18.4 Å². The van der Waals surface area contributed by atoms with Crippen molar-refractivity contribution in [1.29, 1.82) is 0 Å². The van der Waals surface area contributed by atoms with E-state index in [0.29, 0.717) is 0 Å². The van der Waals surface area contributed by atoms with Crippen LogP contribution in [0.3, 0.4) is 0 Å². The monoisotopic (exact) mass is 369 g/mol. The Morgan fingerprint density at radius 2 is 1.73 bits per heavy atom. The molecule has 1 N–H and O–H groups in total. The van der Waals surface area contributed by atoms with Crippen molar-refractivity contribution >= 4 is 26.8 Å². The molecule has 26 heavy (non-hydrogen) atoms. The molecule has 0 bridgehead atoms. The first-order valence-electron chi connectivity index (χ1n) is 8.14. The number of nitrogens with one attached hydrogen (secondary N) is 1. The molecule has 0 fully saturated rings. The lowest BCUT2D eigenvalue weighted by Crippen LogP contribution is -2.30. The molecule has 0 aliphatic heterocycles. The molecule has 0 aromatic heterocycles. The Morgan fingerprint density at radius 1 is 0.962 bits per heavy atom. The molecule has 0 heterocycles. The molecule has 0 saturated heterocycles. The number of aryl methyl sites for hydroxylation is 1. The zero-order valence-corrected chi connectivity index (χ0v) is 15.1. The number of hydrogen-bond acceptors (Lipinski definition) is 4. The van der Waals surface area contributed by atoms with Crippen LogP contribution in [0.2, 0.25) is 0 Å². The van der Waals surface area contributed by atoms with Gasteiger partial charge in [0.1, 0.15) is 13.2 Å². The van der Waals surface area contributed by atoms with Gasteiger partial charge in [-0.15, -0.1) is 0 Å². The fourth-order valence-corrected chi connectivity index (χ4v) is 3.59. The first-order chi connectivity index (χ1) is 12.4. The molecule has 0 saturated carbocycles. The fourth-order valence-electron chi connectivity index (χ4n) is 2.59. The predicted molar refractivity (Wildman–Crippen MR) is 100 cm³/mol. The summed E-state index contributed by atoms with van der Waals surface area (Å²) in [6.45, 7) is 1.64. The van der Waals surface area contributed by atoms with E-state index in [1.54, 1.807) is 12.1 Å². The van der Waals surface area contributed by atoms with E-state index in [9.17, 15) is 13.2 Å². The first kappa shape index (κ1) is 18.1. The van der Waals surface area contributed by atoms with Crippen LogP contribution < -0.4 is 4.72 Å². The highest BCUT2D eigenvalue weighted by Crippen LogP contribution is 2.18. The maximum Gasteiger partial charge on any atom is 0.321 e. The number of benzene rings is 3. The zero-order chi connectivity index (χ0) is 18.6. The number of sulfonamides is 1. The Bertz CT molecular complexity index is 1040. The van der Waals surface area contributed by atoms with Gasteiger partial charge in [0.25, 0.3) is 0 Å². The molecule has 3 aromatic rings. The molecule has 0 amide bonds. The van der Waals surface area contributed by atoms with Gasteiger partial charge in [0.2, 0.25) is 10.0 Å². The zero-order valence-electron chi connectivity index (χ0n) is 14.3. The lowest BCUT2D eigenvalue weighted by molar-refractivity contribution is -0.143. The maximum atomic E-state index is 12.4. The van der Waals surface area contributed by atoms with E-state index >= 15 is 0 Å². The topological polar surface area (TPSA) is 72.5 Å². The van der Waals surface area contributed by atoms with Gasteiger partial charge in [-0.05, 0) is 35.4 Å². The van der Waals surface area contributed by atoms with Crippen LogP contribution in [0.5, 0.6) is 0 Å². The number of ether oxygens (including phenoxy) is 1. The summed E-state index contributed by atoms with van der Waals surface area (Å²) in [4.78, 5) is 12.0. The predicted octanol–water partition coefficient (Wildman–Crippen LogP) is 3.17. The molecular weight excluding hydrogens is 350 g/mol. The van der Waals surface area contributed by atoms with Crippen LogP contribution in [0.25, 0.3) is 10.8 Å². The molecule has 3 aromatic carbocycles. The summed E-state index contributed by atoms with van der Waals surface area (Å²) < 4.78 is 32.2. The van der Waals surface area contributed by atoms with Crippen LogP contribution in [0.1, 0.15) is 11.1 Å². The summed E-state index contributed by atoms with van der Waals surface area (Å²) in [6.07, 6.45) is 0. The van der Waals surface area contributed by atoms with Crippen LogP contribution >= 0.6 is 0 Å². The minimum atomic E-state index is -3.79. The quantitative estimate of drug-likeness (QED) is 0.678. The number of rotatable bonds is 6. The molecule has 134 valence electrons. The molecule has 6 heteroatoms. The van der Waals surface area contributed by atoms with Gasteiger partial charge in [-0.1, -0.05) is 60.2 Å². The largest absolute Gasteiger partial charge is 0.460 e. The first-order valence-corrected chi connectivity index (χ1v) is 9.62. The van der Waals surface area contributed by atoms with Gasteiger partial charge < -0.3 is 4.74 Å². The summed E-state index contributed by atoms with van der Waals surface area (Å²) in [5.41, 5.74) is 1.92. The van der Waals surface area contributed by atoms with Gasteiger partial charge >= 0.3 is 5.97 Å².